The number of carboxylic acid groups (broad SMARTS) is 1. The number of carboxylic acids is 1. The third-order valence-corrected chi connectivity index (χ3v) is 2.26. The average Bonchev–Trinajstić information content (AvgIpc) is 2.34. The summed E-state index contributed by atoms with van der Waals surface area (Å²) in [6.07, 6.45) is 0.165. The third kappa shape index (κ3) is 4.55. The van der Waals surface area contributed by atoms with Crippen molar-refractivity contribution in [3.8, 4) is 0 Å². The maximum Gasteiger partial charge on any atom is 0.323 e. The minimum atomic E-state index is -0.932. The molecule has 0 radical (unpaired) electrons. The van der Waals surface area contributed by atoms with E-state index in [1.807, 2.05) is 18.2 Å². The molecule has 0 aromatic heterocycles. The fraction of sp³-hybridized carbons (Fsp3) is 0.333. The number of methoxy groups -OCH3 is 1. The van der Waals surface area contributed by atoms with Crippen LogP contribution in [0.15, 0.2) is 30.3 Å². The lowest BCUT2D eigenvalue weighted by Gasteiger charge is -2.22. The number of carbonyl (C=O) groups excluding carboxylic acids is 1. The molecular formula is C12H15NO4. The van der Waals surface area contributed by atoms with Gasteiger partial charge >= 0.3 is 11.9 Å². The van der Waals surface area contributed by atoms with Gasteiger partial charge in [0.15, 0.2) is 0 Å². The SMILES string of the molecule is COC(=O)CCN(CC(=O)O)c1ccccc1. The summed E-state index contributed by atoms with van der Waals surface area (Å²) < 4.78 is 4.53. The van der Waals surface area contributed by atoms with Crippen LogP contribution >= 0.6 is 0 Å². The van der Waals surface area contributed by atoms with Gasteiger partial charge in [0, 0.05) is 12.2 Å². The number of carbonyl (C=O) groups is 2. The zero-order chi connectivity index (χ0) is 12.7. The molecule has 0 aliphatic carbocycles. The molecule has 0 unspecified atom stereocenters. The summed E-state index contributed by atoms with van der Waals surface area (Å²) in [5, 5.41) is 8.81. The molecule has 0 saturated heterocycles. The summed E-state index contributed by atoms with van der Waals surface area (Å²) in [7, 11) is 1.31. The largest absolute Gasteiger partial charge is 0.480 e. The van der Waals surface area contributed by atoms with E-state index >= 15 is 0 Å². The van der Waals surface area contributed by atoms with Crippen molar-refractivity contribution < 1.29 is 19.4 Å². The van der Waals surface area contributed by atoms with Gasteiger partial charge in [-0.15, -0.1) is 0 Å². The minimum absolute atomic E-state index is 0.138. The molecule has 0 atom stereocenters. The third-order valence-electron chi connectivity index (χ3n) is 2.26. The second-order valence-electron chi connectivity index (χ2n) is 3.48. The van der Waals surface area contributed by atoms with Crippen molar-refractivity contribution in [1.29, 1.82) is 0 Å². The zero-order valence-corrected chi connectivity index (χ0v) is 9.63. The van der Waals surface area contributed by atoms with Gasteiger partial charge in [-0.3, -0.25) is 9.59 Å². The molecule has 5 heteroatoms. The number of esters is 1. The van der Waals surface area contributed by atoms with Crippen molar-refractivity contribution in [1.82, 2.24) is 0 Å². The molecule has 0 fully saturated rings. The van der Waals surface area contributed by atoms with Crippen LogP contribution in [0, 0.1) is 0 Å². The number of aliphatic carboxylic acids is 1. The van der Waals surface area contributed by atoms with E-state index < -0.39 is 5.97 Å². The molecular weight excluding hydrogens is 222 g/mol. The summed E-state index contributed by atoms with van der Waals surface area (Å²) in [5.41, 5.74) is 0.777. The van der Waals surface area contributed by atoms with Gasteiger partial charge in [0.05, 0.1) is 13.5 Å². The Hall–Kier alpha value is -2.04. The van der Waals surface area contributed by atoms with Crippen LogP contribution in [0.2, 0.25) is 0 Å². The lowest BCUT2D eigenvalue weighted by Crippen LogP contribution is -2.31. The molecule has 5 nitrogen and oxygen atoms in total. The van der Waals surface area contributed by atoms with Gasteiger partial charge in [0.25, 0.3) is 0 Å². The summed E-state index contributed by atoms with van der Waals surface area (Å²) in [5.74, 6) is -1.28. The Morgan fingerprint density at radius 2 is 1.94 bits per heavy atom. The first-order valence-electron chi connectivity index (χ1n) is 5.22. The Labute approximate surface area is 99.6 Å². The molecule has 92 valence electrons. The van der Waals surface area contributed by atoms with Crippen molar-refractivity contribution in [3.05, 3.63) is 30.3 Å². The Bertz CT molecular complexity index is 377. The molecule has 1 aromatic carbocycles. The quantitative estimate of drug-likeness (QED) is 0.751. The molecule has 0 aliphatic rings. The monoisotopic (exact) mass is 237 g/mol. The van der Waals surface area contributed by atoms with Gasteiger partial charge in [0.1, 0.15) is 6.54 Å². The molecule has 0 heterocycles. The van der Waals surface area contributed by atoms with Gasteiger partial charge in [-0.1, -0.05) is 18.2 Å². The number of hydrogen-bond donors (Lipinski definition) is 1. The molecule has 0 aliphatic heterocycles. The number of rotatable bonds is 6. The normalized spacial score (nSPS) is 9.71. The van der Waals surface area contributed by atoms with Crippen LogP contribution in [0.4, 0.5) is 5.69 Å². The Morgan fingerprint density at radius 1 is 1.29 bits per heavy atom. The maximum atomic E-state index is 11.0. The summed E-state index contributed by atoms with van der Waals surface area (Å²) in [4.78, 5) is 23.4. The first-order chi connectivity index (χ1) is 8.13. The molecule has 1 aromatic rings. The van der Waals surface area contributed by atoms with Crippen molar-refractivity contribution in [3.63, 3.8) is 0 Å². The minimum Gasteiger partial charge on any atom is -0.480 e. The van der Waals surface area contributed by atoms with E-state index in [4.69, 9.17) is 5.11 Å². The molecule has 1 N–H and O–H groups in total. The fourth-order valence-electron chi connectivity index (χ4n) is 1.43. The summed E-state index contributed by atoms with van der Waals surface area (Å²) in [6.45, 7) is 0.185. The molecule has 17 heavy (non-hydrogen) atoms. The number of benzene rings is 1. The summed E-state index contributed by atoms with van der Waals surface area (Å²) in [6, 6.07) is 9.11. The van der Waals surface area contributed by atoms with E-state index in [0.29, 0.717) is 6.54 Å². The number of para-hydroxylation sites is 1. The highest BCUT2D eigenvalue weighted by molar-refractivity contribution is 5.75. The number of anilines is 1. The number of ether oxygens (including phenoxy) is 1. The highest BCUT2D eigenvalue weighted by Crippen LogP contribution is 2.13. The predicted molar refractivity (Wildman–Crippen MR) is 62.9 cm³/mol. The number of hydrogen-bond acceptors (Lipinski definition) is 4. The van der Waals surface area contributed by atoms with Crippen LogP contribution in [0.1, 0.15) is 6.42 Å². The van der Waals surface area contributed by atoms with E-state index in [2.05, 4.69) is 4.74 Å². The Balaban J connectivity index is 2.67. The van der Waals surface area contributed by atoms with Crippen molar-refractivity contribution in [2.24, 2.45) is 0 Å². The van der Waals surface area contributed by atoms with Gasteiger partial charge in [-0.2, -0.15) is 0 Å². The van der Waals surface area contributed by atoms with E-state index in [-0.39, 0.29) is 18.9 Å². The number of nitrogens with zero attached hydrogens (tertiary/aromatic N) is 1. The van der Waals surface area contributed by atoms with E-state index in [0.717, 1.165) is 5.69 Å². The van der Waals surface area contributed by atoms with E-state index in [9.17, 15) is 9.59 Å². The van der Waals surface area contributed by atoms with Crippen LogP contribution in [0.3, 0.4) is 0 Å². The molecule has 0 saturated carbocycles. The van der Waals surface area contributed by atoms with Crippen molar-refractivity contribution >= 4 is 17.6 Å². The Kier molecular flexibility index (Phi) is 5.00. The topological polar surface area (TPSA) is 66.8 Å². The fourth-order valence-corrected chi connectivity index (χ4v) is 1.43. The lowest BCUT2D eigenvalue weighted by atomic mass is 10.2. The van der Waals surface area contributed by atoms with Gasteiger partial charge in [0.2, 0.25) is 0 Å². The van der Waals surface area contributed by atoms with Gasteiger partial charge < -0.3 is 14.7 Å². The predicted octanol–water partition coefficient (Wildman–Crippen LogP) is 1.14. The average molecular weight is 237 g/mol. The van der Waals surface area contributed by atoms with Crippen LogP contribution in [0.25, 0.3) is 0 Å². The smallest absolute Gasteiger partial charge is 0.323 e. The van der Waals surface area contributed by atoms with Crippen LogP contribution in [-0.2, 0) is 14.3 Å². The summed E-state index contributed by atoms with van der Waals surface area (Å²) >= 11 is 0. The van der Waals surface area contributed by atoms with Gasteiger partial charge in [-0.05, 0) is 12.1 Å². The van der Waals surface area contributed by atoms with Gasteiger partial charge in [-0.25, -0.2) is 0 Å². The van der Waals surface area contributed by atoms with Crippen molar-refractivity contribution in [2.75, 3.05) is 25.1 Å². The van der Waals surface area contributed by atoms with Crippen LogP contribution in [0.5, 0.6) is 0 Å². The standard InChI is InChI=1S/C12H15NO4/c1-17-12(16)7-8-13(9-11(14)15)10-5-3-2-4-6-10/h2-6H,7-9H2,1H3,(H,14,15). The van der Waals surface area contributed by atoms with Crippen LogP contribution in [-0.4, -0.2) is 37.2 Å². The second kappa shape index (κ2) is 6.52. The lowest BCUT2D eigenvalue weighted by molar-refractivity contribution is -0.141. The first-order valence-corrected chi connectivity index (χ1v) is 5.22. The second-order valence-corrected chi connectivity index (χ2v) is 3.48. The van der Waals surface area contributed by atoms with E-state index in [1.165, 1.54) is 7.11 Å². The molecule has 0 spiro atoms. The highest BCUT2D eigenvalue weighted by Gasteiger charge is 2.12. The van der Waals surface area contributed by atoms with E-state index in [1.54, 1.807) is 17.0 Å². The molecule has 0 bridgehead atoms. The van der Waals surface area contributed by atoms with Crippen molar-refractivity contribution in [2.45, 2.75) is 6.42 Å². The maximum absolute atomic E-state index is 11.0. The first kappa shape index (κ1) is 13.0. The highest BCUT2D eigenvalue weighted by atomic mass is 16.5. The zero-order valence-electron chi connectivity index (χ0n) is 9.63. The Morgan fingerprint density at radius 3 is 2.47 bits per heavy atom. The van der Waals surface area contributed by atoms with Crippen LogP contribution < -0.4 is 4.90 Å². The molecule has 1 rings (SSSR count). The molecule has 0 amide bonds.